The largest absolute Gasteiger partial charge is 0.389 e. The van der Waals surface area contributed by atoms with E-state index in [1.165, 1.54) is 11.8 Å². The molecule has 0 saturated carbocycles. The van der Waals surface area contributed by atoms with Gasteiger partial charge in [0.15, 0.2) is 0 Å². The Morgan fingerprint density at radius 1 is 1.24 bits per heavy atom. The van der Waals surface area contributed by atoms with E-state index in [1.807, 2.05) is 12.2 Å². The molecule has 6 nitrogen and oxygen atoms in total. The van der Waals surface area contributed by atoms with Crippen molar-refractivity contribution in [2.24, 2.45) is 10.9 Å². The summed E-state index contributed by atoms with van der Waals surface area (Å²) in [6.45, 7) is 6.87. The molecule has 25 heavy (non-hydrogen) atoms. The predicted octanol–water partition coefficient (Wildman–Crippen LogP) is 1.83. The van der Waals surface area contributed by atoms with Gasteiger partial charge in [0.05, 0.1) is 12.1 Å². The number of nitrogens with zero attached hydrogens (tertiary/aromatic N) is 2. The van der Waals surface area contributed by atoms with E-state index >= 15 is 0 Å². The van der Waals surface area contributed by atoms with Gasteiger partial charge in [-0.3, -0.25) is 19.5 Å². The summed E-state index contributed by atoms with van der Waals surface area (Å²) in [5.74, 6) is 0.0946. The van der Waals surface area contributed by atoms with Crippen LogP contribution in [-0.4, -0.2) is 52.9 Å². The lowest BCUT2D eigenvalue weighted by molar-refractivity contribution is -0.131. The fourth-order valence-corrected chi connectivity index (χ4v) is 2.17. The monoisotopic (exact) mass is 347 g/mol. The Balaban J connectivity index is 2.67. The van der Waals surface area contributed by atoms with E-state index in [1.54, 1.807) is 20.8 Å². The Bertz CT molecular complexity index is 583. The Morgan fingerprint density at radius 3 is 2.60 bits per heavy atom. The van der Waals surface area contributed by atoms with Crippen molar-refractivity contribution < 1.29 is 14.7 Å². The lowest BCUT2D eigenvalue weighted by Gasteiger charge is -2.22. The summed E-state index contributed by atoms with van der Waals surface area (Å²) in [6, 6.07) is 0. The minimum atomic E-state index is -0.995. The van der Waals surface area contributed by atoms with E-state index in [0.717, 1.165) is 6.42 Å². The van der Waals surface area contributed by atoms with Gasteiger partial charge in [-0.05, 0) is 27.2 Å². The summed E-state index contributed by atoms with van der Waals surface area (Å²) >= 11 is 0. The number of allylic oxidation sites excluding steroid dienone is 4. The number of nitrogens with one attached hydrogen (secondary N) is 1. The standard InChI is InChI=1S/C19H29N3O3/c1-15(20-12-17-10-8-6-5-7-9-11-17)22(16(2)23)13-18(24)21-14-19(3,4)25/h5-6,8-11,17,25H,7,12-14H2,1-4H3,(H,21,24)/b6-5-,10-8?,11-9-,20-15-. The third kappa shape index (κ3) is 9.00. The molecule has 1 unspecified atom stereocenters. The fourth-order valence-electron chi connectivity index (χ4n) is 2.17. The first kappa shape index (κ1) is 20.8. The first-order chi connectivity index (χ1) is 11.7. The summed E-state index contributed by atoms with van der Waals surface area (Å²) in [4.78, 5) is 29.7. The molecular weight excluding hydrogens is 318 g/mol. The van der Waals surface area contributed by atoms with Crippen LogP contribution >= 0.6 is 0 Å². The van der Waals surface area contributed by atoms with Gasteiger partial charge in [-0.2, -0.15) is 0 Å². The van der Waals surface area contributed by atoms with Crippen LogP contribution in [0.2, 0.25) is 0 Å². The van der Waals surface area contributed by atoms with Gasteiger partial charge in [0.1, 0.15) is 12.4 Å². The second-order valence-corrected chi connectivity index (χ2v) is 6.72. The molecule has 1 aliphatic carbocycles. The molecule has 2 N–H and O–H groups in total. The van der Waals surface area contributed by atoms with Crippen molar-refractivity contribution in [3.63, 3.8) is 0 Å². The molecule has 0 bridgehead atoms. The molecule has 0 aliphatic heterocycles. The number of carbonyl (C=O) groups is 2. The van der Waals surface area contributed by atoms with Crippen molar-refractivity contribution in [3.05, 3.63) is 36.5 Å². The number of amides is 2. The molecule has 0 aromatic rings. The minimum absolute atomic E-state index is 0.111. The van der Waals surface area contributed by atoms with E-state index in [0.29, 0.717) is 12.4 Å². The molecule has 0 spiro atoms. The van der Waals surface area contributed by atoms with Crippen LogP contribution in [0, 0.1) is 5.92 Å². The van der Waals surface area contributed by atoms with Gasteiger partial charge < -0.3 is 10.4 Å². The smallest absolute Gasteiger partial charge is 0.240 e. The Labute approximate surface area is 150 Å². The third-order valence-corrected chi connectivity index (χ3v) is 3.58. The number of amidine groups is 1. The highest BCUT2D eigenvalue weighted by molar-refractivity contribution is 5.99. The fraction of sp³-hybridized carbons (Fsp3) is 0.526. The summed E-state index contributed by atoms with van der Waals surface area (Å²) in [7, 11) is 0. The molecule has 1 atom stereocenters. The second-order valence-electron chi connectivity index (χ2n) is 6.72. The summed E-state index contributed by atoms with van der Waals surface area (Å²) < 4.78 is 0. The Kier molecular flexibility index (Phi) is 8.28. The average molecular weight is 347 g/mol. The van der Waals surface area contributed by atoms with Crippen molar-refractivity contribution in [2.45, 2.75) is 39.7 Å². The van der Waals surface area contributed by atoms with E-state index in [4.69, 9.17) is 0 Å². The molecule has 0 aromatic heterocycles. The molecule has 138 valence electrons. The zero-order valence-electron chi connectivity index (χ0n) is 15.5. The van der Waals surface area contributed by atoms with Crippen LogP contribution in [0.1, 0.15) is 34.1 Å². The molecule has 6 heteroatoms. The van der Waals surface area contributed by atoms with E-state index < -0.39 is 5.60 Å². The maximum Gasteiger partial charge on any atom is 0.240 e. The SMILES string of the molecule is CC(=O)N(CC(=O)NCC(C)(C)O)/C(C)=N\CC1C=C/C=C\C/C=C\1. The predicted molar refractivity (Wildman–Crippen MR) is 100 cm³/mol. The van der Waals surface area contributed by atoms with Crippen molar-refractivity contribution in [1.82, 2.24) is 10.2 Å². The average Bonchev–Trinajstić information content (AvgIpc) is 2.48. The topological polar surface area (TPSA) is 82.0 Å². The molecule has 0 fully saturated rings. The van der Waals surface area contributed by atoms with E-state index in [-0.39, 0.29) is 30.8 Å². The van der Waals surface area contributed by atoms with Crippen LogP contribution in [0.5, 0.6) is 0 Å². The van der Waals surface area contributed by atoms with Crippen molar-refractivity contribution in [2.75, 3.05) is 19.6 Å². The molecule has 0 heterocycles. The molecule has 1 aliphatic rings. The van der Waals surface area contributed by atoms with Gasteiger partial charge in [-0.25, -0.2) is 0 Å². The zero-order chi connectivity index (χ0) is 18.9. The van der Waals surface area contributed by atoms with Crippen molar-refractivity contribution >= 4 is 17.6 Å². The number of carbonyl (C=O) groups excluding carboxylic acids is 2. The van der Waals surface area contributed by atoms with Crippen LogP contribution in [0.3, 0.4) is 0 Å². The van der Waals surface area contributed by atoms with Crippen LogP contribution in [0.25, 0.3) is 0 Å². The number of rotatable bonds is 6. The Morgan fingerprint density at radius 2 is 1.96 bits per heavy atom. The normalized spacial score (nSPS) is 20.4. The molecule has 0 aromatic carbocycles. The molecule has 0 radical (unpaired) electrons. The maximum atomic E-state index is 12.0. The number of aliphatic hydroxyl groups is 1. The molecular formula is C19H29N3O3. The van der Waals surface area contributed by atoms with E-state index in [9.17, 15) is 14.7 Å². The lowest BCUT2D eigenvalue weighted by atomic mass is 10.1. The maximum absolute atomic E-state index is 12.0. The van der Waals surface area contributed by atoms with Gasteiger partial charge >= 0.3 is 0 Å². The van der Waals surface area contributed by atoms with Gasteiger partial charge in [-0.15, -0.1) is 0 Å². The van der Waals surface area contributed by atoms with Crippen molar-refractivity contribution in [1.29, 1.82) is 0 Å². The van der Waals surface area contributed by atoms with Crippen LogP contribution < -0.4 is 5.32 Å². The van der Waals surface area contributed by atoms with Gasteiger partial charge in [-0.1, -0.05) is 36.5 Å². The summed E-state index contributed by atoms with van der Waals surface area (Å²) in [6.07, 6.45) is 13.2. The van der Waals surface area contributed by atoms with Gasteiger partial charge in [0.25, 0.3) is 0 Å². The summed E-state index contributed by atoms with van der Waals surface area (Å²) in [5.41, 5.74) is -0.995. The highest BCUT2D eigenvalue weighted by Crippen LogP contribution is 2.08. The number of aliphatic imine (C=N–C) groups is 1. The first-order valence-corrected chi connectivity index (χ1v) is 8.47. The Hall–Kier alpha value is -2.21. The third-order valence-electron chi connectivity index (χ3n) is 3.58. The highest BCUT2D eigenvalue weighted by atomic mass is 16.3. The first-order valence-electron chi connectivity index (χ1n) is 8.47. The van der Waals surface area contributed by atoms with Crippen molar-refractivity contribution in [3.8, 4) is 0 Å². The van der Waals surface area contributed by atoms with Crippen LogP contribution in [0.4, 0.5) is 0 Å². The van der Waals surface area contributed by atoms with Gasteiger partial charge in [0, 0.05) is 19.4 Å². The minimum Gasteiger partial charge on any atom is -0.389 e. The van der Waals surface area contributed by atoms with Crippen LogP contribution in [0.15, 0.2) is 41.4 Å². The second kappa shape index (κ2) is 9.93. The quantitative estimate of drug-likeness (QED) is 0.437. The number of hydrogen-bond acceptors (Lipinski definition) is 4. The molecule has 0 saturated heterocycles. The van der Waals surface area contributed by atoms with Crippen LogP contribution in [-0.2, 0) is 9.59 Å². The zero-order valence-corrected chi connectivity index (χ0v) is 15.5. The molecule has 1 rings (SSSR count). The molecule has 2 amide bonds. The van der Waals surface area contributed by atoms with E-state index in [2.05, 4.69) is 34.6 Å². The van der Waals surface area contributed by atoms with Gasteiger partial charge in [0.2, 0.25) is 11.8 Å². The summed E-state index contributed by atoms with van der Waals surface area (Å²) in [5, 5.41) is 12.3. The number of hydrogen-bond donors (Lipinski definition) is 2. The highest BCUT2D eigenvalue weighted by Gasteiger charge is 2.19. The lowest BCUT2D eigenvalue weighted by Crippen LogP contribution is -2.46.